The molecule has 2 aromatic rings. The van der Waals surface area contributed by atoms with Crippen molar-refractivity contribution in [2.24, 2.45) is 0 Å². The van der Waals surface area contributed by atoms with E-state index in [4.69, 9.17) is 4.74 Å². The maximum atomic E-state index is 6.03. The van der Waals surface area contributed by atoms with Crippen LogP contribution in [0.15, 0.2) is 12.1 Å². The van der Waals surface area contributed by atoms with Gasteiger partial charge in [0.05, 0.1) is 6.61 Å². The van der Waals surface area contributed by atoms with E-state index < -0.39 is 0 Å². The fraction of sp³-hybridized carbons (Fsp3) is 0.652. The minimum absolute atomic E-state index is 0.480. The molecule has 0 amide bonds. The van der Waals surface area contributed by atoms with Gasteiger partial charge < -0.3 is 14.6 Å². The second kappa shape index (κ2) is 8.44. The van der Waals surface area contributed by atoms with E-state index in [0.29, 0.717) is 5.92 Å². The molecule has 156 valence electrons. The number of nitrogens with zero attached hydrogens (tertiary/aromatic N) is 4. The zero-order chi connectivity index (χ0) is 19.6. The fourth-order valence-electron chi connectivity index (χ4n) is 5.31. The summed E-state index contributed by atoms with van der Waals surface area (Å²) in [5.41, 5.74) is 4.39. The molecule has 6 heteroatoms. The summed E-state index contributed by atoms with van der Waals surface area (Å²) in [6, 6.07) is 4.74. The van der Waals surface area contributed by atoms with Crippen molar-refractivity contribution in [3.8, 4) is 5.75 Å². The van der Waals surface area contributed by atoms with Gasteiger partial charge in [0.15, 0.2) is 0 Å². The molecule has 29 heavy (non-hydrogen) atoms. The standard InChI is InChI=1S/C23H33N5O/c1-2-29-21-14-18-6-3-5-17(18)13-20(21)16-27-11-4-7-19(15-27)23-26-25-22-8-9-24-10-12-28(22)23/h13-14,19,24H,2-12,15-16H2,1H3. The number of fused-ring (bicyclic) bond motifs is 2. The lowest BCUT2D eigenvalue weighted by atomic mass is 9.96. The number of aromatic nitrogens is 3. The average molecular weight is 396 g/mol. The maximum Gasteiger partial charge on any atom is 0.137 e. The third-order valence-corrected chi connectivity index (χ3v) is 6.73. The average Bonchev–Trinajstić information content (AvgIpc) is 3.28. The number of benzene rings is 1. The second-order valence-corrected chi connectivity index (χ2v) is 8.72. The van der Waals surface area contributed by atoms with Crippen molar-refractivity contribution in [1.29, 1.82) is 0 Å². The first-order chi connectivity index (χ1) is 14.3. The van der Waals surface area contributed by atoms with Crippen LogP contribution in [0.2, 0.25) is 0 Å². The van der Waals surface area contributed by atoms with Gasteiger partial charge >= 0.3 is 0 Å². The number of hydrogen-bond donors (Lipinski definition) is 1. The van der Waals surface area contributed by atoms with Crippen LogP contribution in [0.4, 0.5) is 0 Å². The number of ether oxygens (including phenoxy) is 1. The van der Waals surface area contributed by atoms with Gasteiger partial charge in [-0.15, -0.1) is 10.2 Å². The van der Waals surface area contributed by atoms with Crippen molar-refractivity contribution >= 4 is 0 Å². The summed E-state index contributed by atoms with van der Waals surface area (Å²) in [7, 11) is 0. The third-order valence-electron chi connectivity index (χ3n) is 6.73. The maximum absolute atomic E-state index is 6.03. The zero-order valence-corrected chi connectivity index (χ0v) is 17.6. The number of likely N-dealkylation sites (tertiary alicyclic amines) is 1. The fourth-order valence-corrected chi connectivity index (χ4v) is 5.31. The van der Waals surface area contributed by atoms with Crippen molar-refractivity contribution in [3.05, 3.63) is 40.5 Å². The van der Waals surface area contributed by atoms with Gasteiger partial charge in [-0.1, -0.05) is 6.07 Å². The van der Waals surface area contributed by atoms with Gasteiger partial charge in [0.1, 0.15) is 17.4 Å². The molecule has 3 aliphatic rings. The predicted octanol–water partition coefficient (Wildman–Crippen LogP) is 2.69. The summed E-state index contributed by atoms with van der Waals surface area (Å²) in [5, 5.41) is 12.6. The van der Waals surface area contributed by atoms with Crippen LogP contribution in [0.5, 0.6) is 5.75 Å². The first kappa shape index (κ1) is 19.1. The van der Waals surface area contributed by atoms with E-state index in [1.54, 1.807) is 0 Å². The molecular weight excluding hydrogens is 362 g/mol. The van der Waals surface area contributed by atoms with Crippen molar-refractivity contribution in [2.45, 2.75) is 64.5 Å². The Hall–Kier alpha value is -1.92. The minimum atomic E-state index is 0.480. The normalized spacial score (nSPS) is 22.2. The van der Waals surface area contributed by atoms with Crippen molar-refractivity contribution < 1.29 is 4.74 Å². The Kier molecular flexibility index (Phi) is 5.55. The summed E-state index contributed by atoms with van der Waals surface area (Å²) in [5.74, 6) is 3.93. The van der Waals surface area contributed by atoms with Crippen molar-refractivity contribution in [3.63, 3.8) is 0 Å². The van der Waals surface area contributed by atoms with Crippen LogP contribution < -0.4 is 10.1 Å². The first-order valence-corrected chi connectivity index (χ1v) is 11.4. The monoisotopic (exact) mass is 395 g/mol. The van der Waals surface area contributed by atoms with Crippen LogP contribution in [0.25, 0.3) is 0 Å². The quantitative estimate of drug-likeness (QED) is 0.844. The molecule has 3 heterocycles. The van der Waals surface area contributed by atoms with Gasteiger partial charge in [-0.05, 0) is 62.8 Å². The summed E-state index contributed by atoms with van der Waals surface area (Å²) in [6.45, 7) is 9.02. The number of rotatable bonds is 5. The van der Waals surface area contributed by atoms with E-state index in [9.17, 15) is 0 Å². The SMILES string of the molecule is CCOc1cc2c(cc1CN1CCCC(c3nnc4n3CCNCC4)C1)CCC2. The Morgan fingerprint density at radius 1 is 1.07 bits per heavy atom. The van der Waals surface area contributed by atoms with E-state index in [1.807, 2.05) is 0 Å². The molecule has 1 aromatic carbocycles. The van der Waals surface area contributed by atoms with Crippen molar-refractivity contribution in [2.75, 3.05) is 32.8 Å². The van der Waals surface area contributed by atoms with E-state index in [2.05, 4.69) is 44.0 Å². The molecule has 1 aliphatic carbocycles. The Bertz CT molecular complexity index is 861. The van der Waals surface area contributed by atoms with E-state index >= 15 is 0 Å². The molecule has 1 unspecified atom stereocenters. The molecule has 2 aliphatic heterocycles. The van der Waals surface area contributed by atoms with Gasteiger partial charge in [0, 0.05) is 50.6 Å². The van der Waals surface area contributed by atoms with Crippen LogP contribution in [0.3, 0.4) is 0 Å². The lowest BCUT2D eigenvalue weighted by molar-refractivity contribution is 0.191. The molecule has 0 spiro atoms. The molecule has 0 radical (unpaired) electrons. The Balaban J connectivity index is 1.34. The zero-order valence-electron chi connectivity index (χ0n) is 17.6. The van der Waals surface area contributed by atoms with E-state index in [-0.39, 0.29) is 0 Å². The lowest BCUT2D eigenvalue weighted by Gasteiger charge is -2.33. The molecule has 5 rings (SSSR count). The van der Waals surface area contributed by atoms with Gasteiger partial charge in [-0.2, -0.15) is 0 Å². The largest absolute Gasteiger partial charge is 0.494 e. The van der Waals surface area contributed by atoms with Crippen LogP contribution in [0.1, 0.15) is 60.4 Å². The van der Waals surface area contributed by atoms with Crippen LogP contribution in [0, 0.1) is 0 Å². The molecule has 1 saturated heterocycles. The van der Waals surface area contributed by atoms with Crippen LogP contribution >= 0.6 is 0 Å². The molecule has 0 bridgehead atoms. The van der Waals surface area contributed by atoms with Gasteiger partial charge in [-0.25, -0.2) is 0 Å². The van der Waals surface area contributed by atoms with Crippen LogP contribution in [-0.2, 0) is 32.4 Å². The van der Waals surface area contributed by atoms with Gasteiger partial charge in [-0.3, -0.25) is 4.90 Å². The first-order valence-electron chi connectivity index (χ1n) is 11.4. The predicted molar refractivity (Wildman–Crippen MR) is 113 cm³/mol. The van der Waals surface area contributed by atoms with Crippen LogP contribution in [-0.4, -0.2) is 52.5 Å². The lowest BCUT2D eigenvalue weighted by Crippen LogP contribution is -2.35. The summed E-state index contributed by atoms with van der Waals surface area (Å²) in [6.07, 6.45) is 7.12. The van der Waals surface area contributed by atoms with Gasteiger partial charge in [0.25, 0.3) is 0 Å². The third kappa shape index (κ3) is 3.92. The highest BCUT2D eigenvalue weighted by Gasteiger charge is 2.28. The molecule has 6 nitrogen and oxygen atoms in total. The summed E-state index contributed by atoms with van der Waals surface area (Å²) in [4.78, 5) is 2.60. The number of aryl methyl sites for hydroxylation is 2. The molecule has 1 aromatic heterocycles. The van der Waals surface area contributed by atoms with E-state index in [0.717, 1.165) is 63.9 Å². The smallest absolute Gasteiger partial charge is 0.137 e. The number of nitrogens with one attached hydrogen (secondary N) is 1. The highest BCUT2D eigenvalue weighted by Crippen LogP contribution is 2.33. The summed E-state index contributed by atoms with van der Waals surface area (Å²) >= 11 is 0. The Morgan fingerprint density at radius 2 is 1.97 bits per heavy atom. The number of piperidine rings is 1. The Labute approximate surface area is 173 Å². The Morgan fingerprint density at radius 3 is 2.86 bits per heavy atom. The van der Waals surface area contributed by atoms with Crippen molar-refractivity contribution in [1.82, 2.24) is 25.0 Å². The molecule has 1 fully saturated rings. The minimum Gasteiger partial charge on any atom is -0.494 e. The summed E-state index contributed by atoms with van der Waals surface area (Å²) < 4.78 is 8.42. The number of hydrogen-bond acceptors (Lipinski definition) is 5. The van der Waals surface area contributed by atoms with E-state index in [1.165, 1.54) is 54.6 Å². The molecular formula is C23H33N5O. The molecule has 1 N–H and O–H groups in total. The molecule has 1 atom stereocenters. The highest BCUT2D eigenvalue weighted by molar-refractivity contribution is 5.45. The second-order valence-electron chi connectivity index (χ2n) is 8.72. The topological polar surface area (TPSA) is 55.2 Å². The molecule has 0 saturated carbocycles. The van der Waals surface area contributed by atoms with Gasteiger partial charge in [0.2, 0.25) is 0 Å². The highest BCUT2D eigenvalue weighted by atomic mass is 16.5.